The summed E-state index contributed by atoms with van der Waals surface area (Å²) in [5.74, 6) is 0.00407. The van der Waals surface area contributed by atoms with Crippen molar-refractivity contribution in [3.05, 3.63) is 23.7 Å². The van der Waals surface area contributed by atoms with Gasteiger partial charge in [-0.3, -0.25) is 4.79 Å². The van der Waals surface area contributed by atoms with E-state index < -0.39 is 11.7 Å². The Morgan fingerprint density at radius 2 is 2.05 bits per heavy atom. The first-order chi connectivity index (χ1) is 9.72. The highest BCUT2D eigenvalue weighted by Gasteiger charge is 2.54. The number of carbonyl (C=O) groups excluding carboxylic acids is 1. The van der Waals surface area contributed by atoms with Crippen LogP contribution in [0.2, 0.25) is 0 Å². The van der Waals surface area contributed by atoms with Crippen molar-refractivity contribution in [1.82, 2.24) is 0 Å². The van der Waals surface area contributed by atoms with Crippen LogP contribution in [-0.2, 0) is 16.0 Å². The number of aliphatic hydroxyl groups is 1. The molecule has 0 saturated heterocycles. The number of carbonyl (C=O) groups is 1. The maximum absolute atomic E-state index is 11.6. The van der Waals surface area contributed by atoms with E-state index in [-0.39, 0.29) is 23.2 Å². The summed E-state index contributed by atoms with van der Waals surface area (Å²) in [6.07, 6.45) is 5.27. The van der Waals surface area contributed by atoms with Crippen LogP contribution >= 0.6 is 0 Å². The largest absolute Gasteiger partial charge is 0.472 e. The summed E-state index contributed by atoms with van der Waals surface area (Å²) < 4.78 is 11.0. The third kappa shape index (κ3) is 2.39. The van der Waals surface area contributed by atoms with E-state index in [1.54, 1.807) is 12.5 Å². The average Bonchev–Trinajstić information content (AvgIpc) is 2.89. The van der Waals surface area contributed by atoms with E-state index >= 15 is 0 Å². The maximum atomic E-state index is 11.6. The van der Waals surface area contributed by atoms with Gasteiger partial charge >= 0.3 is 5.97 Å². The quantitative estimate of drug-likeness (QED) is 0.807. The molecular formula is C17H24O4. The minimum atomic E-state index is -0.583. The SMILES string of the molecule is CC(=O)OC1(C)Cc2cocc2C(O)C2CC(C)(C)CC21. The van der Waals surface area contributed by atoms with Gasteiger partial charge in [0, 0.05) is 30.4 Å². The molecule has 4 nitrogen and oxygen atoms in total. The molecular weight excluding hydrogens is 268 g/mol. The summed E-state index contributed by atoms with van der Waals surface area (Å²) in [4.78, 5) is 11.6. The van der Waals surface area contributed by atoms with E-state index in [2.05, 4.69) is 13.8 Å². The van der Waals surface area contributed by atoms with E-state index in [4.69, 9.17) is 9.15 Å². The zero-order valence-electron chi connectivity index (χ0n) is 13.2. The molecule has 1 saturated carbocycles. The summed E-state index contributed by atoms with van der Waals surface area (Å²) in [5.41, 5.74) is 1.39. The first-order valence-electron chi connectivity index (χ1n) is 7.64. The number of rotatable bonds is 1. The molecule has 0 bridgehead atoms. The molecule has 4 unspecified atom stereocenters. The molecule has 4 atom stereocenters. The van der Waals surface area contributed by atoms with E-state index in [1.165, 1.54) is 6.92 Å². The van der Waals surface area contributed by atoms with Gasteiger partial charge in [-0.2, -0.15) is 0 Å². The van der Waals surface area contributed by atoms with Gasteiger partial charge in [-0.15, -0.1) is 0 Å². The molecule has 0 aliphatic heterocycles. The van der Waals surface area contributed by atoms with Crippen molar-refractivity contribution < 1.29 is 19.1 Å². The van der Waals surface area contributed by atoms with Crippen molar-refractivity contribution in [1.29, 1.82) is 0 Å². The number of ether oxygens (including phenoxy) is 1. The lowest BCUT2D eigenvalue weighted by atomic mass is 9.78. The molecule has 0 spiro atoms. The summed E-state index contributed by atoms with van der Waals surface area (Å²) in [5, 5.41) is 10.8. The number of esters is 1. The fraction of sp³-hybridized carbons (Fsp3) is 0.706. The Balaban J connectivity index is 2.06. The van der Waals surface area contributed by atoms with Gasteiger partial charge in [0.05, 0.1) is 18.6 Å². The van der Waals surface area contributed by atoms with Crippen molar-refractivity contribution in [2.45, 2.75) is 58.7 Å². The van der Waals surface area contributed by atoms with Crippen molar-refractivity contribution in [2.24, 2.45) is 17.3 Å². The van der Waals surface area contributed by atoms with Crippen LogP contribution in [0.3, 0.4) is 0 Å². The average molecular weight is 292 g/mol. The van der Waals surface area contributed by atoms with Gasteiger partial charge in [0.1, 0.15) is 5.60 Å². The lowest BCUT2D eigenvalue weighted by molar-refractivity contribution is -0.164. The number of aliphatic hydroxyl groups excluding tert-OH is 1. The Morgan fingerprint density at radius 1 is 1.33 bits per heavy atom. The summed E-state index contributed by atoms with van der Waals surface area (Å²) >= 11 is 0. The van der Waals surface area contributed by atoms with Crippen LogP contribution in [0.15, 0.2) is 16.9 Å². The lowest BCUT2D eigenvalue weighted by Crippen LogP contribution is -2.43. The van der Waals surface area contributed by atoms with E-state index in [1.807, 2.05) is 6.92 Å². The van der Waals surface area contributed by atoms with Crippen molar-refractivity contribution in [2.75, 3.05) is 0 Å². The second-order valence-corrected chi connectivity index (χ2v) is 7.72. The van der Waals surface area contributed by atoms with Crippen LogP contribution in [0.4, 0.5) is 0 Å². The number of fused-ring (bicyclic) bond motifs is 2. The standard InChI is InChI=1S/C17H24O4/c1-10(18)21-17(4)5-11-8-20-9-13(11)15(19)12-6-16(2,3)7-14(12)17/h8-9,12,14-15,19H,5-7H2,1-4H3. The van der Waals surface area contributed by atoms with E-state index in [9.17, 15) is 9.90 Å². The molecule has 0 radical (unpaired) electrons. The fourth-order valence-electron chi connectivity index (χ4n) is 4.53. The zero-order valence-corrected chi connectivity index (χ0v) is 13.2. The molecule has 1 aromatic rings. The molecule has 21 heavy (non-hydrogen) atoms. The summed E-state index contributed by atoms with van der Waals surface area (Å²) in [6, 6.07) is 0. The van der Waals surface area contributed by atoms with Crippen molar-refractivity contribution >= 4 is 5.97 Å². The zero-order chi connectivity index (χ0) is 15.4. The molecule has 1 heterocycles. The third-order valence-corrected chi connectivity index (χ3v) is 5.28. The maximum Gasteiger partial charge on any atom is 0.303 e. The Kier molecular flexibility index (Phi) is 3.21. The van der Waals surface area contributed by atoms with Gasteiger partial charge in [0.25, 0.3) is 0 Å². The predicted molar refractivity (Wildman–Crippen MR) is 77.5 cm³/mol. The van der Waals surface area contributed by atoms with E-state index in [0.29, 0.717) is 6.42 Å². The minimum Gasteiger partial charge on any atom is -0.472 e. The van der Waals surface area contributed by atoms with Crippen LogP contribution in [0.5, 0.6) is 0 Å². The Hall–Kier alpha value is -1.29. The van der Waals surface area contributed by atoms with Crippen LogP contribution < -0.4 is 0 Å². The van der Waals surface area contributed by atoms with Gasteiger partial charge in [-0.1, -0.05) is 13.8 Å². The Labute approximate surface area is 125 Å². The first kappa shape index (κ1) is 14.6. The summed E-state index contributed by atoms with van der Waals surface area (Å²) in [7, 11) is 0. The van der Waals surface area contributed by atoms with Gasteiger partial charge in [0.2, 0.25) is 0 Å². The lowest BCUT2D eigenvalue weighted by Gasteiger charge is -2.37. The van der Waals surface area contributed by atoms with Crippen LogP contribution in [0.25, 0.3) is 0 Å². The van der Waals surface area contributed by atoms with Crippen LogP contribution in [0, 0.1) is 17.3 Å². The molecule has 2 aliphatic carbocycles. The summed E-state index contributed by atoms with van der Waals surface area (Å²) in [6.45, 7) is 7.90. The second-order valence-electron chi connectivity index (χ2n) is 7.72. The Morgan fingerprint density at radius 3 is 2.71 bits per heavy atom. The Bertz CT molecular complexity index is 559. The highest BCUT2D eigenvalue weighted by atomic mass is 16.6. The topological polar surface area (TPSA) is 59.7 Å². The highest BCUT2D eigenvalue weighted by Crippen LogP contribution is 2.57. The van der Waals surface area contributed by atoms with Gasteiger partial charge in [0.15, 0.2) is 0 Å². The fourth-order valence-corrected chi connectivity index (χ4v) is 4.53. The highest BCUT2D eigenvalue weighted by molar-refractivity contribution is 5.66. The molecule has 2 aliphatic rings. The normalized spacial score (nSPS) is 37.5. The van der Waals surface area contributed by atoms with Crippen molar-refractivity contribution in [3.63, 3.8) is 0 Å². The molecule has 1 aromatic heterocycles. The number of hydrogen-bond acceptors (Lipinski definition) is 4. The van der Waals surface area contributed by atoms with Gasteiger partial charge in [-0.25, -0.2) is 0 Å². The van der Waals surface area contributed by atoms with Gasteiger partial charge in [-0.05, 0) is 31.1 Å². The van der Waals surface area contributed by atoms with Gasteiger partial charge < -0.3 is 14.3 Å². The molecule has 4 heteroatoms. The van der Waals surface area contributed by atoms with E-state index in [0.717, 1.165) is 24.0 Å². The monoisotopic (exact) mass is 292 g/mol. The molecule has 1 fully saturated rings. The first-order valence-corrected chi connectivity index (χ1v) is 7.64. The van der Waals surface area contributed by atoms with Crippen LogP contribution in [-0.4, -0.2) is 16.7 Å². The second kappa shape index (κ2) is 4.60. The molecule has 0 aromatic carbocycles. The molecule has 0 amide bonds. The predicted octanol–water partition coefficient (Wildman–Crippen LogP) is 3.24. The number of hydrogen-bond donors (Lipinski definition) is 1. The van der Waals surface area contributed by atoms with Crippen molar-refractivity contribution in [3.8, 4) is 0 Å². The molecule has 1 N–H and O–H groups in total. The molecule has 3 rings (SSSR count). The third-order valence-electron chi connectivity index (χ3n) is 5.28. The number of furan rings is 1. The molecule has 116 valence electrons. The smallest absolute Gasteiger partial charge is 0.303 e. The minimum absolute atomic E-state index is 0.100. The van der Waals surface area contributed by atoms with Crippen LogP contribution in [0.1, 0.15) is 57.8 Å².